The van der Waals surface area contributed by atoms with Gasteiger partial charge in [0.05, 0.1) is 29.1 Å². The Bertz CT molecular complexity index is 1420. The fourth-order valence-electron chi connectivity index (χ4n) is 4.37. The Morgan fingerprint density at radius 1 is 0.950 bits per heavy atom. The van der Waals surface area contributed by atoms with E-state index in [2.05, 4.69) is 5.32 Å². The summed E-state index contributed by atoms with van der Waals surface area (Å²) in [6, 6.07) is 20.5. The van der Waals surface area contributed by atoms with E-state index in [1.54, 1.807) is 42.5 Å². The minimum atomic E-state index is -3.66. The molecular weight excluding hydrogens is 573 g/mol. The van der Waals surface area contributed by atoms with Gasteiger partial charge in [-0.2, -0.15) is 0 Å². The predicted octanol–water partition coefficient (Wildman–Crippen LogP) is 4.93. The number of ether oxygens (including phenoxy) is 1. The summed E-state index contributed by atoms with van der Waals surface area (Å²) in [6.07, 6.45) is 1.63. The minimum absolute atomic E-state index is 0.00474. The van der Waals surface area contributed by atoms with E-state index in [-0.39, 0.29) is 37.7 Å². The number of likely N-dealkylation sites (N-methyl/N-ethyl adjacent to an activating group) is 1. The van der Waals surface area contributed by atoms with Crippen LogP contribution >= 0.6 is 23.2 Å². The second kappa shape index (κ2) is 14.4. The first-order chi connectivity index (χ1) is 19.0. The van der Waals surface area contributed by atoms with Gasteiger partial charge in [0.2, 0.25) is 21.8 Å². The molecule has 0 saturated heterocycles. The Balaban J connectivity index is 1.88. The van der Waals surface area contributed by atoms with E-state index in [0.29, 0.717) is 33.5 Å². The summed E-state index contributed by atoms with van der Waals surface area (Å²) in [5, 5.41) is 3.40. The van der Waals surface area contributed by atoms with E-state index in [9.17, 15) is 18.0 Å². The number of hydrogen-bond acceptors (Lipinski definition) is 5. The number of sulfonamides is 1. The number of anilines is 1. The standard InChI is InChI=1S/C29H33Cl2N3O5S/c1-32-29(36)26(19-21-10-5-4-6-11-21)33(20-22-15-16-23(30)24(31)18-22)28(35)14-9-17-34(40(3,37)38)25-12-7-8-13-27(25)39-2/h4-8,10-13,15-16,18,26H,9,14,17,19-20H2,1-3H3,(H,32,36)/t26-/m0/s1. The number of nitrogens with zero attached hydrogens (tertiary/aromatic N) is 2. The molecule has 40 heavy (non-hydrogen) atoms. The van der Waals surface area contributed by atoms with Crippen molar-refractivity contribution >= 4 is 50.7 Å². The van der Waals surface area contributed by atoms with E-state index >= 15 is 0 Å². The lowest BCUT2D eigenvalue weighted by molar-refractivity contribution is -0.141. The van der Waals surface area contributed by atoms with Crippen LogP contribution in [0.25, 0.3) is 0 Å². The van der Waals surface area contributed by atoms with Gasteiger partial charge in [0.25, 0.3) is 0 Å². The molecule has 0 spiro atoms. The SMILES string of the molecule is CNC(=O)[C@H](Cc1ccccc1)N(Cc1ccc(Cl)c(Cl)c1)C(=O)CCCN(c1ccccc1OC)S(C)(=O)=O. The van der Waals surface area contributed by atoms with Crippen molar-refractivity contribution in [1.29, 1.82) is 0 Å². The van der Waals surface area contributed by atoms with Crippen molar-refractivity contribution in [2.75, 3.05) is 31.3 Å². The van der Waals surface area contributed by atoms with Gasteiger partial charge < -0.3 is 15.0 Å². The summed E-state index contributed by atoms with van der Waals surface area (Å²) >= 11 is 12.3. The number of halogens is 2. The topological polar surface area (TPSA) is 96.0 Å². The van der Waals surface area contributed by atoms with E-state index < -0.39 is 16.1 Å². The maximum Gasteiger partial charge on any atom is 0.242 e. The zero-order valence-electron chi connectivity index (χ0n) is 22.6. The van der Waals surface area contributed by atoms with Gasteiger partial charge in [-0.25, -0.2) is 8.42 Å². The predicted molar refractivity (Wildman–Crippen MR) is 159 cm³/mol. The van der Waals surface area contributed by atoms with Crippen molar-refractivity contribution in [3.05, 3.63) is 94.0 Å². The maximum atomic E-state index is 13.7. The molecule has 1 N–H and O–H groups in total. The highest BCUT2D eigenvalue weighted by Crippen LogP contribution is 2.30. The lowest BCUT2D eigenvalue weighted by Gasteiger charge is -2.32. The average Bonchev–Trinajstić information content (AvgIpc) is 2.94. The molecule has 3 aromatic carbocycles. The Hall–Kier alpha value is -3.27. The number of rotatable bonds is 13. The van der Waals surface area contributed by atoms with Gasteiger partial charge in [-0.1, -0.05) is 71.7 Å². The number of nitrogens with one attached hydrogen (secondary N) is 1. The van der Waals surface area contributed by atoms with E-state index in [0.717, 1.165) is 11.8 Å². The summed E-state index contributed by atoms with van der Waals surface area (Å²) in [7, 11) is -0.669. The van der Waals surface area contributed by atoms with Gasteiger partial charge in [0.15, 0.2) is 0 Å². The molecule has 0 bridgehead atoms. The van der Waals surface area contributed by atoms with E-state index in [4.69, 9.17) is 27.9 Å². The minimum Gasteiger partial charge on any atom is -0.495 e. The second-order valence-electron chi connectivity index (χ2n) is 9.20. The third kappa shape index (κ3) is 8.36. The van der Waals surface area contributed by atoms with Crippen LogP contribution in [0.2, 0.25) is 10.0 Å². The third-order valence-corrected chi connectivity index (χ3v) is 8.28. The molecule has 3 aromatic rings. The smallest absolute Gasteiger partial charge is 0.242 e. The molecule has 0 aliphatic carbocycles. The van der Waals surface area contributed by atoms with Crippen molar-refractivity contribution in [3.8, 4) is 5.75 Å². The molecule has 1 atom stereocenters. The molecule has 0 heterocycles. The van der Waals surface area contributed by atoms with Crippen molar-refractivity contribution in [2.24, 2.45) is 0 Å². The van der Waals surface area contributed by atoms with Gasteiger partial charge in [0, 0.05) is 33.0 Å². The highest BCUT2D eigenvalue weighted by molar-refractivity contribution is 7.92. The van der Waals surface area contributed by atoms with Crippen LogP contribution in [-0.4, -0.2) is 58.1 Å². The molecule has 3 rings (SSSR count). The van der Waals surface area contributed by atoms with Crippen LogP contribution in [0.5, 0.6) is 5.75 Å². The first kappa shape index (κ1) is 31.3. The number of methoxy groups -OCH3 is 1. The summed E-state index contributed by atoms with van der Waals surface area (Å²) in [5.41, 5.74) is 1.99. The molecule has 0 aliphatic heterocycles. The van der Waals surface area contributed by atoms with Gasteiger partial charge in [-0.05, 0) is 41.8 Å². The number of amides is 2. The lowest BCUT2D eigenvalue weighted by Crippen LogP contribution is -2.49. The third-order valence-electron chi connectivity index (χ3n) is 6.36. The zero-order chi connectivity index (χ0) is 29.3. The Morgan fingerprint density at radius 2 is 1.62 bits per heavy atom. The molecule has 0 saturated carbocycles. The van der Waals surface area contributed by atoms with Crippen LogP contribution in [-0.2, 0) is 32.6 Å². The molecule has 2 amide bonds. The van der Waals surface area contributed by atoms with E-state index in [1.807, 2.05) is 30.3 Å². The summed E-state index contributed by atoms with van der Waals surface area (Å²) in [6.45, 7) is 0.165. The summed E-state index contributed by atoms with van der Waals surface area (Å²) < 4.78 is 31.9. The van der Waals surface area contributed by atoms with Crippen LogP contribution in [0, 0.1) is 0 Å². The van der Waals surface area contributed by atoms with Crippen LogP contribution in [0.3, 0.4) is 0 Å². The molecule has 11 heteroatoms. The Kier molecular flexibility index (Phi) is 11.2. The number of carbonyl (C=O) groups is 2. The van der Waals surface area contributed by atoms with Crippen molar-refractivity contribution in [2.45, 2.75) is 31.8 Å². The van der Waals surface area contributed by atoms with E-state index in [1.165, 1.54) is 23.4 Å². The van der Waals surface area contributed by atoms with Gasteiger partial charge in [0.1, 0.15) is 11.8 Å². The van der Waals surface area contributed by atoms with Gasteiger partial charge >= 0.3 is 0 Å². The molecule has 0 radical (unpaired) electrons. The Labute approximate surface area is 245 Å². The molecule has 0 aliphatic rings. The van der Waals surface area contributed by atoms with Crippen LogP contribution < -0.4 is 14.4 Å². The number of hydrogen-bond donors (Lipinski definition) is 1. The molecule has 214 valence electrons. The highest BCUT2D eigenvalue weighted by Gasteiger charge is 2.30. The second-order valence-corrected chi connectivity index (χ2v) is 11.9. The normalized spacial score (nSPS) is 11.9. The highest BCUT2D eigenvalue weighted by atomic mass is 35.5. The first-order valence-corrected chi connectivity index (χ1v) is 15.2. The van der Waals surface area contributed by atoms with Crippen LogP contribution in [0.1, 0.15) is 24.0 Å². The monoisotopic (exact) mass is 605 g/mol. The first-order valence-electron chi connectivity index (χ1n) is 12.6. The Morgan fingerprint density at radius 3 is 2.25 bits per heavy atom. The van der Waals surface area contributed by atoms with Crippen molar-refractivity contribution in [1.82, 2.24) is 10.2 Å². The zero-order valence-corrected chi connectivity index (χ0v) is 25.0. The number of para-hydroxylation sites is 2. The number of benzene rings is 3. The average molecular weight is 607 g/mol. The van der Waals surface area contributed by atoms with Crippen LogP contribution in [0.4, 0.5) is 5.69 Å². The molecule has 0 unspecified atom stereocenters. The van der Waals surface area contributed by atoms with Gasteiger partial charge in [-0.15, -0.1) is 0 Å². The lowest BCUT2D eigenvalue weighted by atomic mass is 10.0. The quantitative estimate of drug-likeness (QED) is 0.298. The number of carbonyl (C=O) groups excluding carboxylic acids is 2. The van der Waals surface area contributed by atoms with Gasteiger partial charge in [-0.3, -0.25) is 13.9 Å². The fraction of sp³-hybridized carbons (Fsp3) is 0.310. The van der Waals surface area contributed by atoms with Crippen molar-refractivity contribution in [3.63, 3.8) is 0 Å². The maximum absolute atomic E-state index is 13.7. The van der Waals surface area contributed by atoms with Crippen molar-refractivity contribution < 1.29 is 22.7 Å². The summed E-state index contributed by atoms with van der Waals surface area (Å²) in [5.74, 6) is -0.212. The fourth-order valence-corrected chi connectivity index (χ4v) is 5.66. The summed E-state index contributed by atoms with van der Waals surface area (Å²) in [4.78, 5) is 28.3. The molecule has 0 fully saturated rings. The molecule has 8 nitrogen and oxygen atoms in total. The largest absolute Gasteiger partial charge is 0.495 e. The molecular formula is C29H33Cl2N3O5S. The van der Waals surface area contributed by atoms with Crippen LogP contribution in [0.15, 0.2) is 72.8 Å². The molecule has 0 aromatic heterocycles.